The van der Waals surface area contributed by atoms with Gasteiger partial charge in [-0.1, -0.05) is 0 Å². The molecule has 2 N–H and O–H groups in total. The number of ether oxygens (including phenoxy) is 1. The van der Waals surface area contributed by atoms with E-state index in [1.807, 2.05) is 0 Å². The normalized spacial score (nSPS) is 28.1. The monoisotopic (exact) mass is 198 g/mol. The molecule has 14 heavy (non-hydrogen) atoms. The van der Waals surface area contributed by atoms with Gasteiger partial charge in [0.2, 0.25) is 5.91 Å². The van der Waals surface area contributed by atoms with Crippen molar-refractivity contribution in [2.24, 2.45) is 5.92 Å². The second kappa shape index (κ2) is 4.75. The van der Waals surface area contributed by atoms with Gasteiger partial charge in [0, 0.05) is 31.7 Å². The average molecular weight is 198 g/mol. The van der Waals surface area contributed by atoms with E-state index in [0.717, 1.165) is 39.1 Å². The fourth-order valence-corrected chi connectivity index (χ4v) is 1.85. The van der Waals surface area contributed by atoms with Crippen molar-refractivity contribution >= 4 is 5.91 Å². The maximum absolute atomic E-state index is 11.6. The number of hydrogen-bond donors (Lipinski definition) is 2. The summed E-state index contributed by atoms with van der Waals surface area (Å²) in [7, 11) is 0. The first-order chi connectivity index (χ1) is 6.86. The van der Waals surface area contributed by atoms with Crippen molar-refractivity contribution in [2.45, 2.75) is 25.3 Å². The third kappa shape index (κ3) is 2.45. The van der Waals surface area contributed by atoms with Crippen LogP contribution in [0.5, 0.6) is 0 Å². The molecule has 2 rings (SSSR count). The Morgan fingerprint density at radius 2 is 2.07 bits per heavy atom. The van der Waals surface area contributed by atoms with Crippen LogP contribution >= 0.6 is 0 Å². The molecule has 4 nitrogen and oxygen atoms in total. The molecule has 2 aliphatic heterocycles. The van der Waals surface area contributed by atoms with Crippen LogP contribution in [0.15, 0.2) is 0 Å². The minimum atomic E-state index is 0.184. The highest BCUT2D eigenvalue weighted by Crippen LogP contribution is 2.14. The zero-order chi connectivity index (χ0) is 9.80. The largest absolute Gasteiger partial charge is 0.381 e. The number of carbonyl (C=O) groups excluding carboxylic acids is 1. The first kappa shape index (κ1) is 9.93. The lowest BCUT2D eigenvalue weighted by atomic mass is 9.99. The maximum Gasteiger partial charge on any atom is 0.223 e. The molecule has 0 aromatic heterocycles. The smallest absolute Gasteiger partial charge is 0.223 e. The van der Waals surface area contributed by atoms with Gasteiger partial charge in [-0.25, -0.2) is 0 Å². The predicted octanol–water partition coefficient (Wildman–Crippen LogP) is -0.109. The lowest BCUT2D eigenvalue weighted by molar-refractivity contribution is -0.128. The zero-order valence-electron chi connectivity index (χ0n) is 8.42. The van der Waals surface area contributed by atoms with E-state index in [0.29, 0.717) is 6.04 Å². The molecule has 1 amide bonds. The predicted molar refractivity (Wildman–Crippen MR) is 53.0 cm³/mol. The highest BCUT2D eigenvalue weighted by molar-refractivity contribution is 5.78. The van der Waals surface area contributed by atoms with Gasteiger partial charge in [0.15, 0.2) is 0 Å². The number of nitrogens with one attached hydrogen (secondary N) is 2. The summed E-state index contributed by atoms with van der Waals surface area (Å²) >= 11 is 0. The second-order valence-corrected chi connectivity index (χ2v) is 4.07. The van der Waals surface area contributed by atoms with Crippen molar-refractivity contribution in [3.8, 4) is 0 Å². The van der Waals surface area contributed by atoms with E-state index >= 15 is 0 Å². The number of carbonyl (C=O) groups is 1. The minimum Gasteiger partial charge on any atom is -0.381 e. The van der Waals surface area contributed by atoms with Crippen molar-refractivity contribution in [1.82, 2.24) is 10.6 Å². The summed E-state index contributed by atoms with van der Waals surface area (Å²) in [5.74, 6) is 0.394. The van der Waals surface area contributed by atoms with Crippen molar-refractivity contribution in [3.63, 3.8) is 0 Å². The van der Waals surface area contributed by atoms with Crippen LogP contribution < -0.4 is 10.6 Å². The Morgan fingerprint density at radius 1 is 1.36 bits per heavy atom. The highest BCUT2D eigenvalue weighted by Gasteiger charge is 2.23. The molecule has 0 radical (unpaired) electrons. The van der Waals surface area contributed by atoms with Gasteiger partial charge >= 0.3 is 0 Å². The molecule has 4 heteroatoms. The summed E-state index contributed by atoms with van der Waals surface area (Å²) in [4.78, 5) is 11.6. The molecule has 2 fully saturated rings. The molecule has 0 aliphatic carbocycles. The van der Waals surface area contributed by atoms with Crippen LogP contribution in [-0.2, 0) is 9.53 Å². The van der Waals surface area contributed by atoms with Gasteiger partial charge in [-0.3, -0.25) is 4.79 Å². The molecule has 0 bridgehead atoms. The number of hydrogen-bond acceptors (Lipinski definition) is 3. The summed E-state index contributed by atoms with van der Waals surface area (Å²) in [5.41, 5.74) is 0. The van der Waals surface area contributed by atoms with E-state index in [4.69, 9.17) is 4.74 Å². The fourth-order valence-electron chi connectivity index (χ4n) is 1.85. The van der Waals surface area contributed by atoms with Crippen LogP contribution in [-0.4, -0.2) is 38.3 Å². The van der Waals surface area contributed by atoms with Crippen LogP contribution in [0.2, 0.25) is 0 Å². The maximum atomic E-state index is 11.6. The van der Waals surface area contributed by atoms with Gasteiger partial charge in [-0.2, -0.15) is 0 Å². The first-order valence-corrected chi connectivity index (χ1v) is 5.45. The minimum absolute atomic E-state index is 0.184. The van der Waals surface area contributed by atoms with Crippen molar-refractivity contribution < 1.29 is 9.53 Å². The van der Waals surface area contributed by atoms with Gasteiger partial charge < -0.3 is 15.4 Å². The summed E-state index contributed by atoms with van der Waals surface area (Å²) in [6, 6.07) is 0.513. The van der Waals surface area contributed by atoms with Gasteiger partial charge in [-0.15, -0.1) is 0 Å². The molecule has 1 atom stereocenters. The third-order valence-electron chi connectivity index (χ3n) is 3.04. The molecule has 1 unspecified atom stereocenters. The van der Waals surface area contributed by atoms with E-state index in [1.54, 1.807) is 0 Å². The Bertz CT molecular complexity index is 198. The molecule has 2 heterocycles. The van der Waals surface area contributed by atoms with Gasteiger partial charge in [0.25, 0.3) is 0 Å². The summed E-state index contributed by atoms with van der Waals surface area (Å²) in [6.07, 6.45) is 2.95. The van der Waals surface area contributed by atoms with Gasteiger partial charge in [0.05, 0.1) is 0 Å². The zero-order valence-corrected chi connectivity index (χ0v) is 8.42. The van der Waals surface area contributed by atoms with Crippen LogP contribution in [0.25, 0.3) is 0 Å². The Kier molecular flexibility index (Phi) is 3.37. The Labute approximate surface area is 84.4 Å². The fraction of sp³-hybridized carbons (Fsp3) is 0.900. The molecule has 0 spiro atoms. The molecule has 2 aliphatic rings. The molecule has 80 valence electrons. The van der Waals surface area contributed by atoms with Gasteiger partial charge in [0.1, 0.15) is 0 Å². The van der Waals surface area contributed by atoms with Crippen molar-refractivity contribution in [1.29, 1.82) is 0 Å². The molecule has 0 saturated carbocycles. The second-order valence-electron chi connectivity index (χ2n) is 4.07. The Morgan fingerprint density at radius 3 is 2.64 bits per heavy atom. The van der Waals surface area contributed by atoms with Gasteiger partial charge in [-0.05, 0) is 25.8 Å². The van der Waals surface area contributed by atoms with Crippen molar-refractivity contribution in [2.75, 3.05) is 26.3 Å². The molecule has 0 aromatic carbocycles. The Balaban J connectivity index is 1.65. The van der Waals surface area contributed by atoms with Crippen LogP contribution in [0.1, 0.15) is 19.3 Å². The number of amides is 1. The molecule has 2 saturated heterocycles. The number of rotatable bonds is 3. The highest BCUT2D eigenvalue weighted by atomic mass is 16.5. The molecular weight excluding hydrogens is 180 g/mol. The van der Waals surface area contributed by atoms with Crippen LogP contribution in [0, 0.1) is 5.92 Å². The topological polar surface area (TPSA) is 50.4 Å². The Hall–Kier alpha value is -0.610. The van der Waals surface area contributed by atoms with Crippen LogP contribution in [0.4, 0.5) is 0 Å². The van der Waals surface area contributed by atoms with Crippen LogP contribution in [0.3, 0.4) is 0 Å². The van der Waals surface area contributed by atoms with E-state index < -0.39 is 0 Å². The van der Waals surface area contributed by atoms with E-state index in [2.05, 4.69) is 10.6 Å². The SMILES string of the molecule is O=C(NCC1CCN1)C1CCOCC1. The van der Waals surface area contributed by atoms with E-state index in [-0.39, 0.29) is 11.8 Å². The molecular formula is C10H18N2O2. The van der Waals surface area contributed by atoms with Crippen molar-refractivity contribution in [3.05, 3.63) is 0 Å². The first-order valence-electron chi connectivity index (χ1n) is 5.45. The summed E-state index contributed by atoms with van der Waals surface area (Å²) in [5, 5.41) is 6.26. The average Bonchev–Trinajstić information content (AvgIpc) is 2.16. The van der Waals surface area contributed by atoms with E-state index in [9.17, 15) is 4.79 Å². The van der Waals surface area contributed by atoms with E-state index in [1.165, 1.54) is 6.42 Å². The molecule has 0 aromatic rings. The standard InChI is InChI=1S/C10H18N2O2/c13-10(8-2-5-14-6-3-8)12-7-9-1-4-11-9/h8-9,11H,1-7H2,(H,12,13). The lowest BCUT2D eigenvalue weighted by Crippen LogP contribution is -2.51. The third-order valence-corrected chi connectivity index (χ3v) is 3.04. The summed E-state index contributed by atoms with van der Waals surface area (Å²) in [6.45, 7) is 3.35. The summed E-state index contributed by atoms with van der Waals surface area (Å²) < 4.78 is 5.22. The lowest BCUT2D eigenvalue weighted by Gasteiger charge is -2.29. The quantitative estimate of drug-likeness (QED) is 0.665.